The minimum absolute atomic E-state index is 0.0660. The van der Waals surface area contributed by atoms with Crippen molar-refractivity contribution in [2.24, 2.45) is 0 Å². The third kappa shape index (κ3) is 8.70. The summed E-state index contributed by atoms with van der Waals surface area (Å²) in [6.45, 7) is 5.78. The first kappa shape index (κ1) is 33.2. The van der Waals surface area contributed by atoms with E-state index in [-0.39, 0.29) is 17.4 Å². The number of aliphatic hydroxyl groups excluding tert-OH is 1. The summed E-state index contributed by atoms with van der Waals surface area (Å²) >= 11 is 0. The molecule has 1 aliphatic rings. The zero-order valence-corrected chi connectivity index (χ0v) is 26.6. The van der Waals surface area contributed by atoms with Gasteiger partial charge >= 0.3 is 0 Å². The molecule has 0 unspecified atom stereocenters. The Morgan fingerprint density at radius 2 is 1.57 bits per heavy atom. The fourth-order valence-corrected chi connectivity index (χ4v) is 6.32. The number of methoxy groups -OCH3 is 1. The number of carbonyl (C=O) groups is 2. The molecule has 7 heteroatoms. The molecule has 2 amide bonds. The molecule has 1 saturated carbocycles. The molecule has 236 valence electrons. The van der Waals surface area contributed by atoms with Crippen molar-refractivity contribution >= 4 is 11.8 Å². The van der Waals surface area contributed by atoms with E-state index < -0.39 is 12.1 Å². The molecule has 2 atom stereocenters. The van der Waals surface area contributed by atoms with Gasteiger partial charge in [-0.25, -0.2) is 0 Å². The van der Waals surface area contributed by atoms with Crippen LogP contribution in [0.2, 0.25) is 0 Å². The van der Waals surface area contributed by atoms with Crippen LogP contribution in [0.4, 0.5) is 0 Å². The number of hydrogen-bond acceptors (Lipinski definition) is 5. The molecule has 4 rings (SSSR count). The summed E-state index contributed by atoms with van der Waals surface area (Å²) in [6, 6.07) is 24.5. The van der Waals surface area contributed by atoms with Crippen LogP contribution in [0.1, 0.15) is 90.6 Å². The molecule has 0 saturated heterocycles. The van der Waals surface area contributed by atoms with E-state index >= 15 is 0 Å². The highest BCUT2D eigenvalue weighted by molar-refractivity contribution is 5.99. The lowest BCUT2D eigenvalue weighted by molar-refractivity contribution is 0.0755. The lowest BCUT2D eigenvalue weighted by Crippen LogP contribution is -2.53. The average Bonchev–Trinajstić information content (AvgIpc) is 3.07. The van der Waals surface area contributed by atoms with Crippen LogP contribution in [-0.2, 0) is 12.0 Å². The van der Waals surface area contributed by atoms with Gasteiger partial charge in [-0.1, -0.05) is 81.6 Å². The summed E-state index contributed by atoms with van der Waals surface area (Å²) in [7, 11) is 1.68. The van der Waals surface area contributed by atoms with Crippen LogP contribution in [0, 0.1) is 0 Å². The van der Waals surface area contributed by atoms with Crippen LogP contribution in [0.3, 0.4) is 0 Å². The number of benzene rings is 3. The van der Waals surface area contributed by atoms with Gasteiger partial charge in [-0.2, -0.15) is 0 Å². The van der Waals surface area contributed by atoms with Crippen LogP contribution >= 0.6 is 0 Å². The van der Waals surface area contributed by atoms with E-state index in [1.807, 2.05) is 47.4 Å². The van der Waals surface area contributed by atoms with Gasteiger partial charge in [0.1, 0.15) is 5.75 Å². The second kappa shape index (κ2) is 16.4. The van der Waals surface area contributed by atoms with Crippen molar-refractivity contribution in [3.63, 3.8) is 0 Å². The third-order valence-corrected chi connectivity index (χ3v) is 8.70. The van der Waals surface area contributed by atoms with E-state index in [1.165, 1.54) is 6.42 Å². The minimum atomic E-state index is -0.849. The number of rotatable bonds is 15. The van der Waals surface area contributed by atoms with Crippen molar-refractivity contribution in [1.82, 2.24) is 15.5 Å². The predicted octanol–water partition coefficient (Wildman–Crippen LogP) is 6.11. The molecule has 1 fully saturated rings. The SMILES string of the molecule is CCCN(CCC)C(=O)c1cccc(C(=O)N[C@@H](Cc2ccccc2)[C@H](O)CNC2(c3cccc(OC)c3)CCCCC2)c1. The monoisotopic (exact) mass is 599 g/mol. The van der Waals surface area contributed by atoms with E-state index in [0.717, 1.165) is 55.4 Å². The van der Waals surface area contributed by atoms with Gasteiger partial charge in [0.2, 0.25) is 0 Å². The van der Waals surface area contributed by atoms with Gasteiger partial charge in [0.25, 0.3) is 11.8 Å². The number of hydrogen-bond donors (Lipinski definition) is 3. The largest absolute Gasteiger partial charge is 0.497 e. The van der Waals surface area contributed by atoms with Gasteiger partial charge < -0.3 is 25.4 Å². The maximum Gasteiger partial charge on any atom is 0.253 e. The van der Waals surface area contributed by atoms with Crippen LogP contribution in [-0.4, -0.2) is 60.7 Å². The Hall–Kier alpha value is -3.68. The number of ether oxygens (including phenoxy) is 1. The first-order chi connectivity index (χ1) is 21.4. The number of nitrogens with one attached hydrogen (secondary N) is 2. The van der Waals surface area contributed by atoms with Crippen molar-refractivity contribution in [3.8, 4) is 5.75 Å². The number of aliphatic hydroxyl groups is 1. The lowest BCUT2D eigenvalue weighted by Gasteiger charge is -2.40. The van der Waals surface area contributed by atoms with Crippen molar-refractivity contribution in [2.75, 3.05) is 26.7 Å². The van der Waals surface area contributed by atoms with Gasteiger partial charge in [0.15, 0.2) is 0 Å². The molecule has 3 N–H and O–H groups in total. The molecule has 0 aliphatic heterocycles. The molecule has 0 heterocycles. The Bertz CT molecular complexity index is 1330. The molecule has 0 bridgehead atoms. The van der Waals surface area contributed by atoms with Crippen LogP contribution in [0.15, 0.2) is 78.9 Å². The topological polar surface area (TPSA) is 90.9 Å². The van der Waals surface area contributed by atoms with E-state index in [2.05, 4.69) is 36.6 Å². The van der Waals surface area contributed by atoms with E-state index in [0.29, 0.717) is 37.2 Å². The van der Waals surface area contributed by atoms with Crippen molar-refractivity contribution < 1.29 is 19.4 Å². The number of amides is 2. The van der Waals surface area contributed by atoms with E-state index in [9.17, 15) is 14.7 Å². The Morgan fingerprint density at radius 3 is 2.25 bits per heavy atom. The lowest BCUT2D eigenvalue weighted by atomic mass is 9.76. The summed E-state index contributed by atoms with van der Waals surface area (Å²) in [6.07, 6.45) is 6.71. The standard InChI is InChI=1S/C37H49N3O4/c1-4-22-40(23-5-2)36(43)30-17-12-16-29(25-30)35(42)39-33(24-28-14-8-6-9-15-28)34(41)27-38-37(20-10-7-11-21-37)31-18-13-19-32(26-31)44-3/h6,8-9,12-19,25-26,33-34,38,41H,4-5,7,10-11,20-24,27H2,1-3H3,(H,39,42)/t33-,34+/m0/s1. The minimum Gasteiger partial charge on any atom is -0.497 e. The van der Waals surface area contributed by atoms with Crippen LogP contribution in [0.5, 0.6) is 5.75 Å². The van der Waals surface area contributed by atoms with E-state index in [1.54, 1.807) is 31.4 Å². The Morgan fingerprint density at radius 1 is 0.886 bits per heavy atom. The quantitative estimate of drug-likeness (QED) is 0.196. The summed E-state index contributed by atoms with van der Waals surface area (Å²) in [5.74, 6) is 0.443. The molecule has 3 aromatic carbocycles. The van der Waals surface area contributed by atoms with Crippen molar-refractivity contribution in [1.29, 1.82) is 0 Å². The molecule has 0 spiro atoms. The average molecular weight is 600 g/mol. The third-order valence-electron chi connectivity index (χ3n) is 8.70. The fourth-order valence-electron chi connectivity index (χ4n) is 6.32. The van der Waals surface area contributed by atoms with Gasteiger partial charge in [0.05, 0.1) is 19.3 Å². The van der Waals surface area contributed by atoms with Gasteiger partial charge in [0, 0.05) is 36.3 Å². The zero-order valence-electron chi connectivity index (χ0n) is 26.6. The van der Waals surface area contributed by atoms with Crippen LogP contribution < -0.4 is 15.4 Å². The highest BCUT2D eigenvalue weighted by Gasteiger charge is 2.35. The molecule has 44 heavy (non-hydrogen) atoms. The highest BCUT2D eigenvalue weighted by Crippen LogP contribution is 2.38. The fraction of sp³-hybridized carbons (Fsp3) is 0.459. The maximum absolute atomic E-state index is 13.6. The van der Waals surface area contributed by atoms with Crippen molar-refractivity contribution in [3.05, 3.63) is 101 Å². The van der Waals surface area contributed by atoms with Crippen molar-refractivity contribution in [2.45, 2.75) is 82.9 Å². The Balaban J connectivity index is 1.53. The molecule has 0 aromatic heterocycles. The maximum atomic E-state index is 13.6. The second-order valence-corrected chi connectivity index (χ2v) is 12.0. The first-order valence-corrected chi connectivity index (χ1v) is 16.2. The molecular weight excluding hydrogens is 550 g/mol. The second-order valence-electron chi connectivity index (χ2n) is 12.0. The summed E-state index contributed by atoms with van der Waals surface area (Å²) in [5.41, 5.74) is 2.82. The Kier molecular flexibility index (Phi) is 12.4. The first-order valence-electron chi connectivity index (χ1n) is 16.2. The van der Waals surface area contributed by atoms with E-state index in [4.69, 9.17) is 4.74 Å². The summed E-state index contributed by atoms with van der Waals surface area (Å²) in [5, 5.41) is 18.5. The zero-order chi connectivity index (χ0) is 31.4. The van der Waals surface area contributed by atoms with Gasteiger partial charge in [-0.15, -0.1) is 0 Å². The highest BCUT2D eigenvalue weighted by atomic mass is 16.5. The molecule has 0 radical (unpaired) electrons. The normalized spacial score (nSPS) is 15.6. The smallest absolute Gasteiger partial charge is 0.253 e. The molecule has 1 aliphatic carbocycles. The molecular formula is C37H49N3O4. The molecule has 7 nitrogen and oxygen atoms in total. The van der Waals surface area contributed by atoms with Crippen LogP contribution in [0.25, 0.3) is 0 Å². The van der Waals surface area contributed by atoms with Gasteiger partial charge in [-0.05, 0) is 73.6 Å². The Labute approximate surface area is 263 Å². The number of carbonyl (C=O) groups excluding carboxylic acids is 2. The summed E-state index contributed by atoms with van der Waals surface area (Å²) in [4.78, 5) is 28.7. The number of nitrogens with zero attached hydrogens (tertiary/aromatic N) is 1. The van der Waals surface area contributed by atoms with Gasteiger partial charge in [-0.3, -0.25) is 9.59 Å². The predicted molar refractivity (Wildman–Crippen MR) is 176 cm³/mol. The summed E-state index contributed by atoms with van der Waals surface area (Å²) < 4.78 is 5.52. The molecule has 3 aromatic rings.